The van der Waals surface area contributed by atoms with Crippen molar-refractivity contribution in [2.45, 2.75) is 45.1 Å². The smallest absolute Gasteiger partial charge is 0.273 e. The highest BCUT2D eigenvalue weighted by Gasteiger charge is 2.41. The second kappa shape index (κ2) is 10.9. The van der Waals surface area contributed by atoms with E-state index in [1.807, 2.05) is 63.8 Å². The lowest BCUT2D eigenvalue weighted by atomic mass is 10.0. The van der Waals surface area contributed by atoms with E-state index in [-0.39, 0.29) is 11.8 Å². The molecule has 2 aliphatic heterocycles. The lowest BCUT2D eigenvalue weighted by Gasteiger charge is -2.37. The quantitative estimate of drug-likeness (QED) is 0.459. The lowest BCUT2D eigenvalue weighted by Crippen LogP contribution is -2.47. The van der Waals surface area contributed by atoms with Gasteiger partial charge in [0.25, 0.3) is 11.8 Å². The van der Waals surface area contributed by atoms with E-state index in [0.29, 0.717) is 70.0 Å². The molecule has 9 heteroatoms. The van der Waals surface area contributed by atoms with Crippen molar-refractivity contribution in [3.05, 3.63) is 76.0 Å². The first-order valence-electron chi connectivity index (χ1n) is 12.6. The number of rotatable bonds is 8. The number of aromatic nitrogens is 2. The van der Waals surface area contributed by atoms with Crippen LogP contribution in [0.2, 0.25) is 0 Å². The number of amides is 2. The van der Waals surface area contributed by atoms with Crippen molar-refractivity contribution >= 4 is 23.2 Å². The second-order valence-electron chi connectivity index (χ2n) is 9.25. The van der Waals surface area contributed by atoms with Crippen LogP contribution in [0, 0.1) is 0 Å². The Morgan fingerprint density at radius 2 is 1.83 bits per heavy atom. The third kappa shape index (κ3) is 5.38. The predicted octanol–water partition coefficient (Wildman–Crippen LogP) is 4.02. The summed E-state index contributed by atoms with van der Waals surface area (Å²) in [5.41, 5.74) is 2.22. The fourth-order valence-electron chi connectivity index (χ4n) is 4.85. The average molecular weight is 509 g/mol. The minimum absolute atomic E-state index is 0.0315. The van der Waals surface area contributed by atoms with Crippen molar-refractivity contribution in [1.82, 2.24) is 19.4 Å². The molecule has 0 N–H and O–H groups in total. The number of benzene rings is 1. The van der Waals surface area contributed by atoms with Gasteiger partial charge in [-0.3, -0.25) is 9.59 Å². The predicted molar refractivity (Wildman–Crippen MR) is 137 cm³/mol. The summed E-state index contributed by atoms with van der Waals surface area (Å²) >= 11 is 1.49. The van der Waals surface area contributed by atoms with Crippen LogP contribution < -0.4 is 0 Å². The summed E-state index contributed by atoms with van der Waals surface area (Å²) in [5, 5.41) is 2.71. The summed E-state index contributed by atoms with van der Waals surface area (Å²) in [6.45, 7) is 6.31. The van der Waals surface area contributed by atoms with Gasteiger partial charge in [-0.2, -0.15) is 0 Å². The van der Waals surface area contributed by atoms with Gasteiger partial charge in [0.15, 0.2) is 5.79 Å². The van der Waals surface area contributed by atoms with E-state index in [9.17, 15) is 9.59 Å². The lowest BCUT2D eigenvalue weighted by molar-refractivity contribution is -0.181. The number of carbonyl (C=O) groups is 2. The summed E-state index contributed by atoms with van der Waals surface area (Å²) in [7, 11) is 0. The van der Waals surface area contributed by atoms with Crippen LogP contribution in [0.25, 0.3) is 0 Å². The highest BCUT2D eigenvalue weighted by Crippen LogP contribution is 2.31. The molecule has 0 bridgehead atoms. The van der Waals surface area contributed by atoms with Gasteiger partial charge in [0.2, 0.25) is 0 Å². The molecule has 1 spiro atoms. The van der Waals surface area contributed by atoms with Crippen molar-refractivity contribution in [2.75, 3.05) is 32.8 Å². The summed E-state index contributed by atoms with van der Waals surface area (Å²) in [6, 6.07) is 13.4. The number of likely N-dealkylation sites (tertiary alicyclic amines) is 1. The number of thiazole rings is 1. The van der Waals surface area contributed by atoms with E-state index in [2.05, 4.69) is 16.5 Å². The first-order valence-corrected chi connectivity index (χ1v) is 13.4. The first kappa shape index (κ1) is 24.7. The van der Waals surface area contributed by atoms with Crippen LogP contribution in [0.5, 0.6) is 0 Å². The Hall–Kier alpha value is -3.01. The molecular formula is C27H32N4O4S. The zero-order chi connectivity index (χ0) is 25.0. The monoisotopic (exact) mass is 508 g/mol. The number of nitrogens with zero attached hydrogens (tertiary/aromatic N) is 4. The highest BCUT2D eigenvalue weighted by atomic mass is 32.1. The molecule has 190 valence electrons. The van der Waals surface area contributed by atoms with E-state index in [1.54, 1.807) is 0 Å². The third-order valence-corrected chi connectivity index (χ3v) is 7.61. The molecule has 0 radical (unpaired) electrons. The summed E-state index contributed by atoms with van der Waals surface area (Å²) in [6.07, 6.45) is 4.27. The molecule has 1 aromatic carbocycles. The Kier molecular flexibility index (Phi) is 7.50. The first-order chi connectivity index (χ1) is 17.6. The van der Waals surface area contributed by atoms with Gasteiger partial charge < -0.3 is 23.8 Å². The molecule has 2 aromatic heterocycles. The fraction of sp³-hybridized carbons (Fsp3) is 0.444. The zero-order valence-corrected chi connectivity index (χ0v) is 21.4. The van der Waals surface area contributed by atoms with Gasteiger partial charge in [0.05, 0.1) is 26.3 Å². The molecule has 5 rings (SSSR count). The Morgan fingerprint density at radius 3 is 2.56 bits per heavy atom. The van der Waals surface area contributed by atoms with Gasteiger partial charge in [-0.15, -0.1) is 11.3 Å². The van der Waals surface area contributed by atoms with Crippen LogP contribution in [0.15, 0.2) is 54.0 Å². The zero-order valence-electron chi connectivity index (χ0n) is 20.6. The summed E-state index contributed by atoms with van der Waals surface area (Å²) < 4.78 is 13.6. The molecule has 4 heterocycles. The Balaban J connectivity index is 1.22. The minimum atomic E-state index is -0.498. The van der Waals surface area contributed by atoms with Gasteiger partial charge in [0, 0.05) is 55.3 Å². The van der Waals surface area contributed by atoms with Gasteiger partial charge >= 0.3 is 0 Å². The highest BCUT2D eigenvalue weighted by molar-refractivity contribution is 7.09. The summed E-state index contributed by atoms with van der Waals surface area (Å²) in [5.74, 6) is -0.507. The number of hydrogen-bond acceptors (Lipinski definition) is 6. The van der Waals surface area contributed by atoms with Gasteiger partial charge in [-0.1, -0.05) is 25.1 Å². The Labute approximate surface area is 215 Å². The van der Waals surface area contributed by atoms with Crippen molar-refractivity contribution in [3.8, 4) is 0 Å². The Bertz CT molecular complexity index is 1180. The van der Waals surface area contributed by atoms with E-state index < -0.39 is 5.79 Å². The Morgan fingerprint density at radius 1 is 1.08 bits per heavy atom. The molecule has 2 fully saturated rings. The van der Waals surface area contributed by atoms with Crippen LogP contribution in [0.1, 0.15) is 57.7 Å². The fourth-order valence-corrected chi connectivity index (χ4v) is 5.62. The maximum atomic E-state index is 13.1. The van der Waals surface area contributed by atoms with Crippen molar-refractivity contribution in [1.29, 1.82) is 0 Å². The average Bonchev–Trinajstić information content (AvgIpc) is 3.67. The minimum Gasteiger partial charge on any atom is -0.347 e. The number of ether oxygens (including phenoxy) is 2. The maximum Gasteiger partial charge on any atom is 0.273 e. The molecule has 0 aliphatic carbocycles. The summed E-state index contributed by atoms with van der Waals surface area (Å²) in [4.78, 5) is 34.5. The van der Waals surface area contributed by atoms with Gasteiger partial charge in [0.1, 0.15) is 10.7 Å². The molecular weight excluding hydrogens is 476 g/mol. The van der Waals surface area contributed by atoms with Gasteiger partial charge in [-0.05, 0) is 30.7 Å². The number of piperidine rings is 1. The molecule has 2 amide bonds. The van der Waals surface area contributed by atoms with E-state index in [4.69, 9.17) is 9.47 Å². The topological polar surface area (TPSA) is 76.9 Å². The molecule has 0 saturated carbocycles. The molecule has 3 aromatic rings. The van der Waals surface area contributed by atoms with Crippen molar-refractivity contribution in [3.63, 3.8) is 0 Å². The SMILES string of the molecule is CCCN(Cc1cccn1Cc1nc(C(=O)N2CCC3(CC2)OCCO3)cs1)C(=O)c1ccccc1. The van der Waals surface area contributed by atoms with Crippen LogP contribution in [-0.4, -0.2) is 69.8 Å². The van der Waals surface area contributed by atoms with Crippen LogP contribution >= 0.6 is 11.3 Å². The van der Waals surface area contributed by atoms with Crippen molar-refractivity contribution in [2.24, 2.45) is 0 Å². The standard InChI is InChI=1S/C27H32N4O4S/c1-2-12-31(25(32)21-7-4-3-5-8-21)18-22-9-6-13-30(22)19-24-28-23(20-36-24)26(33)29-14-10-27(11-15-29)34-16-17-35-27/h3-9,13,20H,2,10-12,14-19H2,1H3. The van der Waals surface area contributed by atoms with E-state index in [1.165, 1.54) is 11.3 Å². The number of carbonyl (C=O) groups excluding carboxylic acids is 2. The molecule has 0 atom stereocenters. The van der Waals surface area contributed by atoms with Gasteiger partial charge in [-0.25, -0.2) is 4.98 Å². The van der Waals surface area contributed by atoms with Crippen LogP contribution in [-0.2, 0) is 22.6 Å². The molecule has 2 aliphatic rings. The van der Waals surface area contributed by atoms with E-state index >= 15 is 0 Å². The number of hydrogen-bond donors (Lipinski definition) is 0. The van der Waals surface area contributed by atoms with Crippen molar-refractivity contribution < 1.29 is 19.1 Å². The second-order valence-corrected chi connectivity index (χ2v) is 10.2. The molecule has 36 heavy (non-hydrogen) atoms. The molecule has 2 saturated heterocycles. The third-order valence-electron chi connectivity index (χ3n) is 6.78. The molecule has 0 unspecified atom stereocenters. The van der Waals surface area contributed by atoms with Crippen LogP contribution in [0.4, 0.5) is 0 Å². The largest absolute Gasteiger partial charge is 0.347 e. The normalized spacial score (nSPS) is 17.0. The van der Waals surface area contributed by atoms with Crippen LogP contribution in [0.3, 0.4) is 0 Å². The maximum absolute atomic E-state index is 13.1. The van der Waals surface area contributed by atoms with E-state index in [0.717, 1.165) is 17.1 Å². The molecule has 8 nitrogen and oxygen atoms in total.